The molecule has 0 saturated heterocycles. The summed E-state index contributed by atoms with van der Waals surface area (Å²) < 4.78 is 0. The summed E-state index contributed by atoms with van der Waals surface area (Å²) in [7, 11) is 2.04. The first-order chi connectivity index (χ1) is 23.3. The molecule has 256 valence electrons. The number of benzene rings is 4. The molecule has 6 heteroatoms. The van der Waals surface area contributed by atoms with Crippen molar-refractivity contribution in [2.45, 2.75) is 77.4 Å². The molecule has 4 aromatic carbocycles. The summed E-state index contributed by atoms with van der Waals surface area (Å²) in [5.41, 5.74) is 8.37. The quantitative estimate of drug-likeness (QED) is 0.167. The van der Waals surface area contributed by atoms with Crippen molar-refractivity contribution in [1.82, 2.24) is 9.88 Å². The fourth-order valence-electron chi connectivity index (χ4n) is 6.26. The van der Waals surface area contributed by atoms with Gasteiger partial charge in [-0.3, -0.25) is 0 Å². The zero-order valence-electron chi connectivity index (χ0n) is 29.0. The van der Waals surface area contributed by atoms with Crippen LogP contribution in [-0.2, 0) is 20.1 Å². The predicted molar refractivity (Wildman–Crippen MR) is 199 cm³/mol. The topological polar surface area (TPSA) is 59.8 Å². The van der Waals surface area contributed by atoms with Gasteiger partial charge in [0.1, 0.15) is 0 Å². The van der Waals surface area contributed by atoms with Gasteiger partial charge >= 0.3 is 20.1 Å². The van der Waals surface area contributed by atoms with Crippen LogP contribution in [0.15, 0.2) is 115 Å². The Morgan fingerprint density at radius 2 is 1.51 bits per heavy atom. The summed E-state index contributed by atoms with van der Waals surface area (Å²) in [4.78, 5) is 8.80. The number of aliphatic hydroxyl groups is 2. The first-order valence-electron chi connectivity index (χ1n) is 17.1. The Morgan fingerprint density at radius 3 is 2.08 bits per heavy atom. The molecule has 0 bridgehead atoms. The molecule has 7 rings (SSSR count). The Balaban J connectivity index is 0.000000214. The van der Waals surface area contributed by atoms with Crippen LogP contribution in [0.4, 0.5) is 5.69 Å². The number of fused-ring (bicyclic) bond motifs is 1. The molecular weight excluding hydrogens is 783 g/mol. The summed E-state index contributed by atoms with van der Waals surface area (Å²) >= 11 is 0. The third-order valence-corrected chi connectivity index (χ3v) is 8.88. The van der Waals surface area contributed by atoms with E-state index in [4.69, 9.17) is 10.2 Å². The Labute approximate surface area is 306 Å². The second-order valence-corrected chi connectivity index (χ2v) is 12.9. The molecule has 0 amide bonds. The van der Waals surface area contributed by atoms with E-state index < -0.39 is 0 Å². The second kappa shape index (κ2) is 18.8. The average Bonchev–Trinajstić information content (AvgIpc) is 3.46. The Morgan fingerprint density at radius 1 is 0.837 bits per heavy atom. The number of anilines is 1. The zero-order chi connectivity index (χ0) is 33.9. The van der Waals surface area contributed by atoms with Gasteiger partial charge in [0, 0.05) is 6.20 Å². The molecule has 0 radical (unpaired) electrons. The largest absolute Gasteiger partial charge is 3.00 e. The van der Waals surface area contributed by atoms with Crippen molar-refractivity contribution in [3.05, 3.63) is 140 Å². The number of aromatic nitrogens is 1. The maximum Gasteiger partial charge on any atom is 3.00 e. The maximum atomic E-state index is 8.56. The summed E-state index contributed by atoms with van der Waals surface area (Å²) in [6, 6.07) is 40.5. The fourth-order valence-corrected chi connectivity index (χ4v) is 6.26. The van der Waals surface area contributed by atoms with Gasteiger partial charge in [-0.2, -0.15) is 37.0 Å². The zero-order valence-corrected chi connectivity index (χ0v) is 31.4. The van der Waals surface area contributed by atoms with Crippen LogP contribution in [0.1, 0.15) is 70.8 Å². The van der Waals surface area contributed by atoms with Crippen LogP contribution in [0.5, 0.6) is 0 Å². The van der Waals surface area contributed by atoms with Crippen molar-refractivity contribution in [1.29, 1.82) is 0 Å². The minimum Gasteiger partial charge on any atom is -0.508 e. The fraction of sp³-hybridized carbons (Fsp3) is 0.302. The van der Waals surface area contributed by atoms with Gasteiger partial charge in [0.2, 0.25) is 0 Å². The Bertz CT molecular complexity index is 1730. The molecule has 0 spiro atoms. The molecule has 1 aliphatic heterocycles. The number of rotatable bonds is 6. The van der Waals surface area contributed by atoms with E-state index in [1.54, 1.807) is 13.8 Å². The number of allylic oxidation sites excluding steroid dienone is 1. The van der Waals surface area contributed by atoms with E-state index in [2.05, 4.69) is 94.6 Å². The summed E-state index contributed by atoms with van der Waals surface area (Å²) in [5.74, 6) is 0.754. The molecule has 5 nitrogen and oxygen atoms in total. The van der Waals surface area contributed by atoms with Crippen LogP contribution in [0.25, 0.3) is 33.2 Å². The average molecular weight is 831 g/mol. The van der Waals surface area contributed by atoms with E-state index in [0.29, 0.717) is 6.42 Å². The van der Waals surface area contributed by atoms with Crippen LogP contribution >= 0.6 is 0 Å². The van der Waals surface area contributed by atoms with Gasteiger partial charge < -0.3 is 25.0 Å². The molecule has 1 fully saturated rings. The van der Waals surface area contributed by atoms with Gasteiger partial charge in [-0.25, -0.2) is 0 Å². The summed E-state index contributed by atoms with van der Waals surface area (Å²) in [6.07, 6.45) is 10.5. The van der Waals surface area contributed by atoms with Crippen LogP contribution < -0.4 is 4.90 Å². The van der Waals surface area contributed by atoms with Gasteiger partial charge in [0.25, 0.3) is 0 Å². The van der Waals surface area contributed by atoms with Crippen LogP contribution in [-0.4, -0.2) is 39.4 Å². The number of aliphatic hydroxyl groups excluding tert-OH is 2. The van der Waals surface area contributed by atoms with Gasteiger partial charge in [0.05, 0.1) is 12.2 Å². The number of para-hydroxylation sites is 1. The van der Waals surface area contributed by atoms with Crippen molar-refractivity contribution in [3.63, 3.8) is 0 Å². The SMILES string of the molecule is CC(O)CC(C)O.CC1=CN(c2[c-]cccc2)[CH-]N1C.[Ir+3].[c-]1ccccc1-c1nccc2ccc(-c3ccc(C4CCCCC4)cc3)cc12. The van der Waals surface area contributed by atoms with Gasteiger partial charge in [-0.05, 0) is 104 Å². The van der Waals surface area contributed by atoms with Crippen LogP contribution in [0.3, 0.4) is 0 Å². The monoisotopic (exact) mass is 831 g/mol. The minimum atomic E-state index is -0.375. The third-order valence-electron chi connectivity index (χ3n) is 8.88. The molecule has 2 aliphatic rings. The molecule has 2 N–H and O–H groups in total. The molecular formula is C43H48IrN3O2. The Hall–Kier alpha value is -3.80. The van der Waals surface area contributed by atoms with E-state index in [1.807, 2.05) is 62.4 Å². The first kappa shape index (κ1) is 38.0. The normalized spacial score (nSPS) is 15.6. The van der Waals surface area contributed by atoms with Crippen molar-refractivity contribution in [2.24, 2.45) is 0 Å². The molecule has 1 aromatic heterocycles. The Kier molecular flexibility index (Phi) is 14.6. The molecule has 2 heterocycles. The second-order valence-electron chi connectivity index (χ2n) is 12.9. The van der Waals surface area contributed by atoms with Crippen molar-refractivity contribution in [3.8, 4) is 22.4 Å². The molecule has 2 unspecified atom stereocenters. The van der Waals surface area contributed by atoms with Crippen molar-refractivity contribution >= 4 is 16.5 Å². The standard InChI is InChI=1S/C27H24N.C11H12N2.C5H12O2.Ir/c1-3-7-20(8-4-1)21-11-13-22(14-12-21)25-16-15-23-17-18-28-27(26(23)19-25)24-9-5-2-6-10-24;1-10-8-13(9-12(10)2)11-6-4-3-5-7-11;1-4(6)3-5(2)7;/h2,5-6,9,11-20H,1,3-4,7-8H2;3-6,8-9H,1-2H3;4-7H,3H2,1-2H3;/q-1;-2;;+3. The molecule has 1 saturated carbocycles. The summed E-state index contributed by atoms with van der Waals surface area (Å²) in [5, 5.41) is 19.5. The number of nitrogens with zero attached hydrogens (tertiary/aromatic N) is 3. The third kappa shape index (κ3) is 10.8. The molecule has 49 heavy (non-hydrogen) atoms. The van der Waals surface area contributed by atoms with Crippen molar-refractivity contribution < 1.29 is 30.3 Å². The molecule has 2 atom stereocenters. The number of hydrogen-bond donors (Lipinski definition) is 2. The number of pyridine rings is 1. The van der Waals surface area contributed by atoms with Gasteiger partial charge in [-0.1, -0.05) is 61.7 Å². The van der Waals surface area contributed by atoms with E-state index in [1.165, 1.54) is 65.3 Å². The predicted octanol–water partition coefficient (Wildman–Crippen LogP) is 9.77. The molecule has 5 aromatic rings. The van der Waals surface area contributed by atoms with Gasteiger partial charge in [-0.15, -0.1) is 41.6 Å². The van der Waals surface area contributed by atoms with Gasteiger partial charge in [0.15, 0.2) is 0 Å². The molecule has 1 aliphatic carbocycles. The first-order valence-corrected chi connectivity index (χ1v) is 17.1. The summed E-state index contributed by atoms with van der Waals surface area (Å²) in [6.45, 7) is 7.44. The van der Waals surface area contributed by atoms with E-state index >= 15 is 0 Å². The van der Waals surface area contributed by atoms with E-state index in [-0.39, 0.29) is 32.3 Å². The number of hydrogen-bond acceptors (Lipinski definition) is 5. The smallest absolute Gasteiger partial charge is 0.508 e. The van der Waals surface area contributed by atoms with Crippen LogP contribution in [0.2, 0.25) is 0 Å². The minimum absolute atomic E-state index is 0. The van der Waals surface area contributed by atoms with E-state index in [9.17, 15) is 0 Å². The van der Waals surface area contributed by atoms with E-state index in [0.717, 1.165) is 22.9 Å². The van der Waals surface area contributed by atoms with Crippen LogP contribution in [0, 0.1) is 18.8 Å². The maximum absolute atomic E-state index is 8.56. The van der Waals surface area contributed by atoms with Crippen molar-refractivity contribution in [2.75, 3.05) is 11.9 Å².